The number of aliphatic hydroxyl groups excluding tert-OH is 1. The van der Waals surface area contributed by atoms with Crippen molar-refractivity contribution in [3.05, 3.63) is 11.1 Å². The van der Waals surface area contributed by atoms with Gasteiger partial charge >= 0.3 is 0 Å². The highest BCUT2D eigenvalue weighted by atomic mass is 16.3. The van der Waals surface area contributed by atoms with Crippen molar-refractivity contribution >= 4 is 11.8 Å². The van der Waals surface area contributed by atoms with E-state index < -0.39 is 12.1 Å². The molecule has 1 aliphatic heterocycles. The largest absolute Gasteiger partial charge is 0.391 e. The summed E-state index contributed by atoms with van der Waals surface area (Å²) in [4.78, 5) is 24.3. The molecular formula is C10H15NO3. The number of carbonyl (C=O) groups is 2. The standard InChI is InChI=1S/C10H15NO3/c1-5-6(2)10(14)11(9(5)13)7(3)8(4)12/h7-8,12H,1-4H3. The van der Waals surface area contributed by atoms with Gasteiger partial charge in [-0.1, -0.05) is 0 Å². The molecule has 0 bridgehead atoms. The van der Waals surface area contributed by atoms with Crippen LogP contribution in [0.5, 0.6) is 0 Å². The summed E-state index contributed by atoms with van der Waals surface area (Å²) in [5.74, 6) is -0.582. The van der Waals surface area contributed by atoms with Crippen molar-refractivity contribution < 1.29 is 14.7 Å². The van der Waals surface area contributed by atoms with Crippen LogP contribution >= 0.6 is 0 Å². The van der Waals surface area contributed by atoms with Gasteiger partial charge in [0, 0.05) is 11.1 Å². The molecule has 0 aromatic carbocycles. The second-order valence-electron chi connectivity index (χ2n) is 3.71. The monoisotopic (exact) mass is 197 g/mol. The molecule has 0 aromatic rings. The molecule has 0 radical (unpaired) electrons. The lowest BCUT2D eigenvalue weighted by molar-refractivity contribution is -0.142. The summed E-state index contributed by atoms with van der Waals surface area (Å²) in [7, 11) is 0. The summed E-state index contributed by atoms with van der Waals surface area (Å²) < 4.78 is 0. The normalized spacial score (nSPS) is 21.9. The first-order valence-corrected chi connectivity index (χ1v) is 4.61. The fraction of sp³-hybridized carbons (Fsp3) is 0.600. The molecule has 2 atom stereocenters. The van der Waals surface area contributed by atoms with E-state index in [9.17, 15) is 14.7 Å². The zero-order valence-electron chi connectivity index (χ0n) is 8.87. The smallest absolute Gasteiger partial charge is 0.257 e. The Morgan fingerprint density at radius 3 is 1.71 bits per heavy atom. The third-order valence-electron chi connectivity index (χ3n) is 2.75. The van der Waals surface area contributed by atoms with Crippen molar-refractivity contribution in [3.63, 3.8) is 0 Å². The van der Waals surface area contributed by atoms with Crippen LogP contribution in [0.4, 0.5) is 0 Å². The molecule has 1 aliphatic rings. The maximum Gasteiger partial charge on any atom is 0.257 e. The van der Waals surface area contributed by atoms with Gasteiger partial charge in [-0.15, -0.1) is 0 Å². The molecule has 0 aliphatic carbocycles. The van der Waals surface area contributed by atoms with Crippen LogP contribution in [-0.2, 0) is 9.59 Å². The highest BCUT2D eigenvalue weighted by molar-refractivity contribution is 6.18. The van der Waals surface area contributed by atoms with E-state index in [4.69, 9.17) is 0 Å². The number of aliphatic hydroxyl groups is 1. The topological polar surface area (TPSA) is 57.6 Å². The molecule has 0 saturated heterocycles. The molecule has 4 nitrogen and oxygen atoms in total. The van der Waals surface area contributed by atoms with Crippen molar-refractivity contribution in [2.75, 3.05) is 0 Å². The average molecular weight is 197 g/mol. The summed E-state index contributed by atoms with van der Waals surface area (Å²) >= 11 is 0. The van der Waals surface area contributed by atoms with E-state index in [1.807, 2.05) is 0 Å². The molecule has 2 unspecified atom stereocenters. The maximum absolute atomic E-state index is 11.6. The Bertz CT molecular complexity index is 293. The number of amides is 2. The Morgan fingerprint density at radius 2 is 1.43 bits per heavy atom. The van der Waals surface area contributed by atoms with Gasteiger partial charge in [-0.3, -0.25) is 14.5 Å². The van der Waals surface area contributed by atoms with Crippen molar-refractivity contribution in [3.8, 4) is 0 Å². The molecule has 1 heterocycles. The fourth-order valence-corrected chi connectivity index (χ4v) is 1.36. The van der Waals surface area contributed by atoms with Crippen LogP contribution in [0.25, 0.3) is 0 Å². The van der Waals surface area contributed by atoms with E-state index in [-0.39, 0.29) is 11.8 Å². The summed E-state index contributed by atoms with van der Waals surface area (Å²) in [6.45, 7) is 6.48. The molecule has 1 N–H and O–H groups in total. The summed E-state index contributed by atoms with van der Waals surface area (Å²) in [6.07, 6.45) is -0.707. The van der Waals surface area contributed by atoms with E-state index in [1.165, 1.54) is 0 Å². The van der Waals surface area contributed by atoms with E-state index >= 15 is 0 Å². The van der Waals surface area contributed by atoms with Crippen molar-refractivity contribution in [2.24, 2.45) is 0 Å². The first-order valence-electron chi connectivity index (χ1n) is 4.61. The number of hydrogen-bond donors (Lipinski definition) is 1. The lowest BCUT2D eigenvalue weighted by Gasteiger charge is -2.25. The van der Waals surface area contributed by atoms with Gasteiger partial charge in [0.25, 0.3) is 11.8 Å². The maximum atomic E-state index is 11.6. The van der Waals surface area contributed by atoms with Crippen LogP contribution in [0.3, 0.4) is 0 Å². The molecule has 2 amide bonds. The lowest BCUT2D eigenvalue weighted by Crippen LogP contribution is -2.44. The number of nitrogens with zero attached hydrogens (tertiary/aromatic N) is 1. The van der Waals surface area contributed by atoms with E-state index in [2.05, 4.69) is 0 Å². The van der Waals surface area contributed by atoms with Gasteiger partial charge in [-0.25, -0.2) is 0 Å². The zero-order chi connectivity index (χ0) is 11.0. The number of rotatable bonds is 2. The highest BCUT2D eigenvalue weighted by Gasteiger charge is 2.37. The zero-order valence-corrected chi connectivity index (χ0v) is 8.87. The summed E-state index contributed by atoms with van der Waals surface area (Å²) in [5, 5.41) is 9.32. The van der Waals surface area contributed by atoms with Gasteiger partial charge in [0.15, 0.2) is 0 Å². The van der Waals surface area contributed by atoms with Gasteiger partial charge < -0.3 is 5.11 Å². The SMILES string of the molecule is CC1=C(C)C(=O)N(C(C)C(C)O)C1=O. The van der Waals surface area contributed by atoms with E-state index in [0.29, 0.717) is 11.1 Å². The number of hydrogen-bond acceptors (Lipinski definition) is 3. The Morgan fingerprint density at radius 1 is 1.07 bits per heavy atom. The number of carbonyl (C=O) groups excluding carboxylic acids is 2. The predicted octanol–water partition coefficient (Wildman–Crippen LogP) is 0.461. The van der Waals surface area contributed by atoms with Gasteiger partial charge in [0.2, 0.25) is 0 Å². The van der Waals surface area contributed by atoms with Crippen LogP contribution < -0.4 is 0 Å². The molecule has 1 rings (SSSR count). The van der Waals surface area contributed by atoms with Gasteiger partial charge in [-0.2, -0.15) is 0 Å². The van der Waals surface area contributed by atoms with Crippen molar-refractivity contribution in [1.29, 1.82) is 0 Å². The summed E-state index contributed by atoms with van der Waals surface area (Å²) in [6, 6.07) is -0.470. The third-order valence-corrected chi connectivity index (χ3v) is 2.75. The minimum Gasteiger partial charge on any atom is -0.391 e. The first kappa shape index (κ1) is 10.9. The van der Waals surface area contributed by atoms with Gasteiger partial charge in [0.05, 0.1) is 12.1 Å². The highest BCUT2D eigenvalue weighted by Crippen LogP contribution is 2.22. The molecule has 0 saturated carbocycles. The Balaban J connectivity index is 2.98. The average Bonchev–Trinajstić information content (AvgIpc) is 2.30. The molecule has 4 heteroatoms. The molecular weight excluding hydrogens is 182 g/mol. The molecule has 0 aromatic heterocycles. The van der Waals surface area contributed by atoms with Crippen LogP contribution in [0.2, 0.25) is 0 Å². The van der Waals surface area contributed by atoms with Crippen LogP contribution in [0, 0.1) is 0 Å². The molecule has 78 valence electrons. The minimum absolute atomic E-state index is 0.291. The summed E-state index contributed by atoms with van der Waals surface area (Å²) in [5.41, 5.74) is 0.949. The third kappa shape index (κ3) is 1.46. The quantitative estimate of drug-likeness (QED) is 0.654. The second-order valence-corrected chi connectivity index (χ2v) is 3.71. The Kier molecular flexibility index (Phi) is 2.76. The van der Waals surface area contributed by atoms with Crippen LogP contribution in [0.15, 0.2) is 11.1 Å². The second kappa shape index (κ2) is 3.53. The Labute approximate surface area is 83.2 Å². The van der Waals surface area contributed by atoms with Gasteiger partial charge in [-0.05, 0) is 27.7 Å². The fourth-order valence-electron chi connectivity index (χ4n) is 1.36. The van der Waals surface area contributed by atoms with E-state index in [1.54, 1.807) is 27.7 Å². The molecule has 0 spiro atoms. The number of imide groups is 1. The lowest BCUT2D eigenvalue weighted by atomic mass is 10.2. The Hall–Kier alpha value is -1.16. The van der Waals surface area contributed by atoms with Gasteiger partial charge in [0.1, 0.15) is 0 Å². The van der Waals surface area contributed by atoms with Crippen molar-refractivity contribution in [1.82, 2.24) is 4.90 Å². The first-order chi connectivity index (χ1) is 6.37. The van der Waals surface area contributed by atoms with Crippen molar-refractivity contribution in [2.45, 2.75) is 39.8 Å². The molecule has 14 heavy (non-hydrogen) atoms. The van der Waals surface area contributed by atoms with Crippen LogP contribution in [-0.4, -0.2) is 34.0 Å². The van der Waals surface area contributed by atoms with E-state index in [0.717, 1.165) is 4.90 Å². The predicted molar refractivity (Wildman–Crippen MR) is 51.4 cm³/mol. The van der Waals surface area contributed by atoms with Crippen LogP contribution in [0.1, 0.15) is 27.7 Å². The minimum atomic E-state index is -0.707. The molecule has 0 fully saturated rings.